The average molecular weight is 271 g/mol. The molecule has 2 aromatic rings. The van der Waals surface area contributed by atoms with E-state index in [0.29, 0.717) is 17.7 Å². The molecule has 0 radical (unpaired) electrons. The number of benzene rings is 1. The number of thiazole rings is 1. The van der Waals surface area contributed by atoms with Crippen LogP contribution in [0.25, 0.3) is 0 Å². The van der Waals surface area contributed by atoms with E-state index in [1.54, 1.807) is 53.1 Å². The molecule has 0 aliphatic carbocycles. The maximum Gasteiger partial charge on any atom is 0.253 e. The van der Waals surface area contributed by atoms with Crippen LogP contribution in [0.5, 0.6) is 0 Å². The molecule has 0 bridgehead atoms. The third-order valence-corrected chi connectivity index (χ3v) is 3.75. The van der Waals surface area contributed by atoms with Gasteiger partial charge in [-0.05, 0) is 31.2 Å². The number of carbonyl (C=O) groups is 1. The molecule has 0 unspecified atom stereocenters. The number of nitrogens with zero attached hydrogens (tertiary/aromatic N) is 3. The molecule has 1 aromatic carbocycles. The van der Waals surface area contributed by atoms with Crippen molar-refractivity contribution >= 4 is 17.2 Å². The Balaban J connectivity index is 2.10. The number of aryl methyl sites for hydroxylation is 1. The standard InChI is InChI=1S/C14H13N3OS/c1-10-13(19-9-16-10)8-17(2)14(18)12-5-3-11(7-15)4-6-12/h3-6,9H,8H2,1-2H3. The normalized spacial score (nSPS) is 9.95. The van der Waals surface area contributed by atoms with Gasteiger partial charge in [0.25, 0.3) is 5.91 Å². The zero-order valence-electron chi connectivity index (χ0n) is 10.8. The van der Waals surface area contributed by atoms with Gasteiger partial charge < -0.3 is 4.90 Å². The molecule has 0 N–H and O–H groups in total. The molecule has 2 rings (SSSR count). The molecule has 0 saturated heterocycles. The largest absolute Gasteiger partial charge is 0.336 e. The molecule has 0 aliphatic heterocycles. The van der Waals surface area contributed by atoms with E-state index in [1.165, 1.54) is 0 Å². The summed E-state index contributed by atoms with van der Waals surface area (Å²) in [7, 11) is 1.76. The second kappa shape index (κ2) is 5.63. The smallest absolute Gasteiger partial charge is 0.253 e. The van der Waals surface area contributed by atoms with Gasteiger partial charge in [0.05, 0.1) is 29.4 Å². The third-order valence-electron chi connectivity index (χ3n) is 2.83. The summed E-state index contributed by atoms with van der Waals surface area (Å²) >= 11 is 1.55. The van der Waals surface area contributed by atoms with Crippen molar-refractivity contribution in [2.45, 2.75) is 13.5 Å². The highest BCUT2D eigenvalue weighted by atomic mass is 32.1. The van der Waals surface area contributed by atoms with Crippen LogP contribution >= 0.6 is 11.3 Å². The Bertz CT molecular complexity index is 625. The molecular formula is C14H13N3OS. The number of amides is 1. The minimum absolute atomic E-state index is 0.0581. The van der Waals surface area contributed by atoms with Crippen LogP contribution in [-0.2, 0) is 6.54 Å². The van der Waals surface area contributed by atoms with Gasteiger partial charge in [0.1, 0.15) is 0 Å². The monoisotopic (exact) mass is 271 g/mol. The summed E-state index contributed by atoms with van der Waals surface area (Å²) in [5.41, 5.74) is 3.88. The van der Waals surface area contributed by atoms with Crippen molar-refractivity contribution in [3.8, 4) is 6.07 Å². The molecule has 0 saturated carbocycles. The molecular weight excluding hydrogens is 258 g/mol. The second-order valence-electron chi connectivity index (χ2n) is 4.21. The zero-order valence-corrected chi connectivity index (χ0v) is 11.6. The highest BCUT2D eigenvalue weighted by Crippen LogP contribution is 2.16. The molecule has 96 valence electrons. The molecule has 1 heterocycles. The van der Waals surface area contributed by atoms with Crippen molar-refractivity contribution < 1.29 is 4.79 Å². The van der Waals surface area contributed by atoms with Gasteiger partial charge in [-0.1, -0.05) is 0 Å². The SMILES string of the molecule is Cc1ncsc1CN(C)C(=O)c1ccc(C#N)cc1. The van der Waals surface area contributed by atoms with Crippen molar-refractivity contribution in [2.75, 3.05) is 7.05 Å². The Morgan fingerprint density at radius 3 is 2.63 bits per heavy atom. The fourth-order valence-corrected chi connectivity index (χ4v) is 2.50. The minimum atomic E-state index is -0.0581. The predicted octanol–water partition coefficient (Wildman–Crippen LogP) is 2.60. The number of rotatable bonds is 3. The van der Waals surface area contributed by atoms with Gasteiger partial charge in [0.15, 0.2) is 0 Å². The molecule has 1 aromatic heterocycles. The Hall–Kier alpha value is -2.19. The molecule has 1 amide bonds. The summed E-state index contributed by atoms with van der Waals surface area (Å²) in [5, 5.41) is 8.73. The van der Waals surface area contributed by atoms with Crippen LogP contribution in [0.3, 0.4) is 0 Å². The molecule has 4 nitrogen and oxygen atoms in total. The fraction of sp³-hybridized carbons (Fsp3) is 0.214. The van der Waals surface area contributed by atoms with Crippen LogP contribution < -0.4 is 0 Å². The van der Waals surface area contributed by atoms with Gasteiger partial charge in [0.2, 0.25) is 0 Å². The molecule has 19 heavy (non-hydrogen) atoms. The third kappa shape index (κ3) is 2.98. The van der Waals surface area contributed by atoms with Gasteiger partial charge in [0, 0.05) is 17.5 Å². The lowest BCUT2D eigenvalue weighted by Gasteiger charge is -2.16. The predicted molar refractivity (Wildman–Crippen MR) is 73.8 cm³/mol. The summed E-state index contributed by atoms with van der Waals surface area (Å²) in [6, 6.07) is 8.69. The number of carbonyl (C=O) groups excluding carboxylic acids is 1. The van der Waals surface area contributed by atoms with Gasteiger partial charge >= 0.3 is 0 Å². The highest BCUT2D eigenvalue weighted by Gasteiger charge is 2.13. The summed E-state index contributed by atoms with van der Waals surface area (Å²) in [5.74, 6) is -0.0581. The maximum absolute atomic E-state index is 12.2. The number of nitriles is 1. The summed E-state index contributed by atoms with van der Waals surface area (Å²) in [6.45, 7) is 2.49. The van der Waals surface area contributed by atoms with Gasteiger partial charge in [-0.25, -0.2) is 4.98 Å². The molecule has 0 fully saturated rings. The number of aromatic nitrogens is 1. The van der Waals surface area contributed by atoms with Crippen LogP contribution in [0.1, 0.15) is 26.5 Å². The van der Waals surface area contributed by atoms with Crippen molar-refractivity contribution in [3.63, 3.8) is 0 Å². The first kappa shape index (κ1) is 13.2. The molecule has 5 heteroatoms. The number of hydrogen-bond donors (Lipinski definition) is 0. The summed E-state index contributed by atoms with van der Waals surface area (Å²) in [4.78, 5) is 19.1. The van der Waals surface area contributed by atoms with E-state index in [2.05, 4.69) is 4.98 Å². The van der Waals surface area contributed by atoms with E-state index < -0.39 is 0 Å². The van der Waals surface area contributed by atoms with Crippen LogP contribution in [0.15, 0.2) is 29.8 Å². The van der Waals surface area contributed by atoms with E-state index in [4.69, 9.17) is 5.26 Å². The molecule has 0 atom stereocenters. The second-order valence-corrected chi connectivity index (χ2v) is 5.15. The lowest BCUT2D eigenvalue weighted by Crippen LogP contribution is -2.26. The quantitative estimate of drug-likeness (QED) is 0.862. The van der Waals surface area contributed by atoms with Crippen LogP contribution in [0.2, 0.25) is 0 Å². The van der Waals surface area contributed by atoms with E-state index in [9.17, 15) is 4.79 Å². The Kier molecular flexibility index (Phi) is 3.93. The van der Waals surface area contributed by atoms with Crippen molar-refractivity contribution in [1.29, 1.82) is 5.26 Å². The van der Waals surface area contributed by atoms with Crippen molar-refractivity contribution in [3.05, 3.63) is 51.5 Å². The van der Waals surface area contributed by atoms with Gasteiger partial charge in [-0.2, -0.15) is 5.26 Å². The van der Waals surface area contributed by atoms with Crippen molar-refractivity contribution in [2.24, 2.45) is 0 Å². The molecule has 0 aliphatic rings. The fourth-order valence-electron chi connectivity index (χ4n) is 1.67. The maximum atomic E-state index is 12.2. The highest BCUT2D eigenvalue weighted by molar-refractivity contribution is 7.09. The molecule has 0 spiro atoms. The van der Waals surface area contributed by atoms with Crippen molar-refractivity contribution in [1.82, 2.24) is 9.88 Å². The summed E-state index contributed by atoms with van der Waals surface area (Å²) < 4.78 is 0. The summed E-state index contributed by atoms with van der Waals surface area (Å²) in [6.07, 6.45) is 0. The van der Waals surface area contributed by atoms with E-state index in [-0.39, 0.29) is 5.91 Å². The van der Waals surface area contributed by atoms with Gasteiger partial charge in [-0.3, -0.25) is 4.79 Å². The lowest BCUT2D eigenvalue weighted by molar-refractivity contribution is 0.0786. The topological polar surface area (TPSA) is 57.0 Å². The van der Waals surface area contributed by atoms with Gasteiger partial charge in [-0.15, -0.1) is 11.3 Å². The lowest BCUT2D eigenvalue weighted by atomic mass is 10.1. The first-order valence-electron chi connectivity index (χ1n) is 5.76. The first-order valence-corrected chi connectivity index (χ1v) is 6.64. The van der Waals surface area contributed by atoms with E-state index in [1.807, 2.05) is 13.0 Å². The van der Waals surface area contributed by atoms with Crippen LogP contribution in [0.4, 0.5) is 0 Å². The Morgan fingerprint density at radius 1 is 1.42 bits per heavy atom. The van der Waals surface area contributed by atoms with E-state index in [0.717, 1.165) is 10.6 Å². The first-order chi connectivity index (χ1) is 9.11. The Morgan fingerprint density at radius 2 is 2.11 bits per heavy atom. The Labute approximate surface area is 115 Å². The number of hydrogen-bond acceptors (Lipinski definition) is 4. The van der Waals surface area contributed by atoms with Crippen LogP contribution in [0, 0.1) is 18.3 Å². The van der Waals surface area contributed by atoms with Crippen LogP contribution in [-0.4, -0.2) is 22.8 Å². The minimum Gasteiger partial charge on any atom is -0.336 e. The average Bonchev–Trinajstić information content (AvgIpc) is 2.83. The van der Waals surface area contributed by atoms with E-state index >= 15 is 0 Å². The zero-order chi connectivity index (χ0) is 13.8.